The molecule has 0 bridgehead atoms. The van der Waals surface area contributed by atoms with Gasteiger partial charge in [-0.05, 0) is 31.2 Å². The average Bonchev–Trinajstić information content (AvgIpc) is 3.12. The van der Waals surface area contributed by atoms with E-state index in [0.717, 1.165) is 5.65 Å². The van der Waals surface area contributed by atoms with E-state index in [1.54, 1.807) is 12.1 Å². The molecule has 0 atom stereocenters. The van der Waals surface area contributed by atoms with Gasteiger partial charge in [-0.2, -0.15) is 0 Å². The fraction of sp³-hybridized carbons (Fsp3) is 0.143. The van der Waals surface area contributed by atoms with Gasteiger partial charge >= 0.3 is 0 Å². The first-order chi connectivity index (χ1) is 10.1. The molecule has 0 unspecified atom stereocenters. The number of ketones is 1. The average molecular weight is 300 g/mol. The monoisotopic (exact) mass is 300 g/mol. The molecule has 3 aromatic heterocycles. The highest BCUT2D eigenvalue weighted by Gasteiger charge is 2.12. The maximum Gasteiger partial charge on any atom is 0.261 e. The second kappa shape index (κ2) is 5.45. The van der Waals surface area contributed by atoms with E-state index in [1.165, 1.54) is 18.3 Å². The third kappa shape index (κ3) is 2.68. The Morgan fingerprint density at radius 2 is 2.00 bits per heavy atom. The Balaban J connectivity index is 1.72. The minimum atomic E-state index is -0.222. The van der Waals surface area contributed by atoms with E-state index >= 15 is 0 Å². The van der Waals surface area contributed by atoms with Crippen molar-refractivity contribution in [3.63, 3.8) is 0 Å². The second-order valence-corrected chi connectivity index (χ2v) is 5.53. The number of nitrogens with zero attached hydrogens (tertiary/aromatic N) is 3. The molecule has 0 aliphatic heterocycles. The maximum atomic E-state index is 12.0. The number of carbonyl (C=O) groups excluding carboxylic acids is 2. The number of hydrogen-bond acceptors (Lipinski definition) is 5. The predicted molar refractivity (Wildman–Crippen MR) is 78.5 cm³/mol. The van der Waals surface area contributed by atoms with Gasteiger partial charge in [0.2, 0.25) is 0 Å². The number of nitrogens with one attached hydrogen (secondary N) is 1. The number of amides is 1. The summed E-state index contributed by atoms with van der Waals surface area (Å²) in [6.45, 7) is 1.76. The third-order valence-electron chi connectivity index (χ3n) is 2.97. The van der Waals surface area contributed by atoms with E-state index in [-0.39, 0.29) is 18.2 Å². The fourth-order valence-corrected chi connectivity index (χ4v) is 2.72. The molecule has 0 fully saturated rings. The van der Waals surface area contributed by atoms with Crippen molar-refractivity contribution in [1.82, 2.24) is 19.9 Å². The first-order valence-electron chi connectivity index (χ1n) is 6.33. The van der Waals surface area contributed by atoms with Crippen LogP contribution in [0.4, 0.5) is 0 Å². The summed E-state index contributed by atoms with van der Waals surface area (Å²) >= 11 is 1.19. The third-order valence-corrected chi connectivity index (χ3v) is 4.15. The van der Waals surface area contributed by atoms with E-state index in [2.05, 4.69) is 15.5 Å². The van der Waals surface area contributed by atoms with Crippen molar-refractivity contribution in [2.24, 2.45) is 0 Å². The van der Waals surface area contributed by atoms with E-state index in [1.807, 2.05) is 28.8 Å². The first-order valence-corrected chi connectivity index (χ1v) is 7.14. The molecule has 0 saturated heterocycles. The van der Waals surface area contributed by atoms with Crippen LogP contribution in [-0.2, 0) is 6.54 Å². The number of aromatic nitrogens is 3. The minimum absolute atomic E-state index is 0.0394. The summed E-state index contributed by atoms with van der Waals surface area (Å²) in [5.74, 6) is 0.393. The number of hydrogen-bond donors (Lipinski definition) is 1. The molecule has 1 N–H and O–H groups in total. The molecule has 0 aliphatic carbocycles. The van der Waals surface area contributed by atoms with Gasteiger partial charge in [0, 0.05) is 6.20 Å². The Labute approximate surface area is 124 Å². The van der Waals surface area contributed by atoms with Crippen molar-refractivity contribution in [3.8, 4) is 0 Å². The van der Waals surface area contributed by atoms with Gasteiger partial charge in [0.15, 0.2) is 17.3 Å². The second-order valence-electron chi connectivity index (χ2n) is 4.45. The summed E-state index contributed by atoms with van der Waals surface area (Å²) in [6, 6.07) is 8.91. The van der Waals surface area contributed by atoms with Gasteiger partial charge in [-0.15, -0.1) is 21.5 Å². The van der Waals surface area contributed by atoms with E-state index in [4.69, 9.17) is 0 Å². The summed E-state index contributed by atoms with van der Waals surface area (Å²) < 4.78 is 1.82. The van der Waals surface area contributed by atoms with Crippen LogP contribution in [0.3, 0.4) is 0 Å². The van der Waals surface area contributed by atoms with Crippen LogP contribution >= 0.6 is 11.3 Å². The number of fused-ring (bicyclic) bond motifs is 1. The van der Waals surface area contributed by atoms with E-state index in [0.29, 0.717) is 15.6 Å². The van der Waals surface area contributed by atoms with Gasteiger partial charge in [0.05, 0.1) is 16.3 Å². The molecule has 3 heterocycles. The molecule has 21 heavy (non-hydrogen) atoms. The number of thiophene rings is 1. The van der Waals surface area contributed by atoms with Crippen LogP contribution in [0, 0.1) is 0 Å². The van der Waals surface area contributed by atoms with Crippen LogP contribution in [-0.4, -0.2) is 26.3 Å². The zero-order chi connectivity index (χ0) is 14.8. The molecule has 106 valence electrons. The van der Waals surface area contributed by atoms with Gasteiger partial charge in [0.1, 0.15) is 0 Å². The highest BCUT2D eigenvalue weighted by molar-refractivity contribution is 7.15. The maximum absolute atomic E-state index is 12.0. The lowest BCUT2D eigenvalue weighted by Gasteiger charge is -2.02. The molecule has 7 heteroatoms. The molecule has 3 rings (SSSR count). The van der Waals surface area contributed by atoms with Gasteiger partial charge in [-0.25, -0.2) is 0 Å². The number of rotatable bonds is 4. The summed E-state index contributed by atoms with van der Waals surface area (Å²) in [5, 5.41) is 10.8. The molecule has 1 amide bonds. The van der Waals surface area contributed by atoms with Gasteiger partial charge in [0.25, 0.3) is 5.91 Å². The molecule has 0 aromatic carbocycles. The Hall–Kier alpha value is -2.54. The topological polar surface area (TPSA) is 76.4 Å². The number of carbonyl (C=O) groups is 2. The summed E-state index contributed by atoms with van der Waals surface area (Å²) in [6.07, 6.45) is 1.84. The Morgan fingerprint density at radius 1 is 1.19 bits per heavy atom. The SMILES string of the molecule is CC(=O)c1ccc(C(=O)NCc2nnc3ccccn23)s1. The Kier molecular flexibility index (Phi) is 3.49. The Morgan fingerprint density at radius 3 is 2.76 bits per heavy atom. The number of Topliss-reactive ketones (excluding diaryl/α,β-unsaturated/α-hetero) is 1. The normalized spacial score (nSPS) is 10.7. The zero-order valence-corrected chi connectivity index (χ0v) is 12.1. The van der Waals surface area contributed by atoms with Crippen molar-refractivity contribution in [1.29, 1.82) is 0 Å². The molecule has 6 nitrogen and oxygen atoms in total. The molecule has 0 aliphatic rings. The lowest BCUT2D eigenvalue weighted by atomic mass is 10.3. The van der Waals surface area contributed by atoms with E-state index < -0.39 is 0 Å². The summed E-state index contributed by atoms with van der Waals surface area (Å²) in [5.41, 5.74) is 0.733. The summed E-state index contributed by atoms with van der Waals surface area (Å²) in [4.78, 5) is 24.4. The van der Waals surface area contributed by atoms with Crippen LogP contribution in [0.15, 0.2) is 36.5 Å². The van der Waals surface area contributed by atoms with Crippen molar-refractivity contribution >= 4 is 28.7 Å². The lowest BCUT2D eigenvalue weighted by molar-refractivity contribution is 0.0953. The van der Waals surface area contributed by atoms with Gasteiger partial charge in [-0.1, -0.05) is 6.07 Å². The van der Waals surface area contributed by atoms with Gasteiger partial charge < -0.3 is 5.32 Å². The molecule has 0 radical (unpaired) electrons. The standard InChI is InChI=1S/C14H12N4O2S/c1-9(19)10-5-6-11(21-10)14(20)15-8-13-17-16-12-4-2-3-7-18(12)13/h2-7H,8H2,1H3,(H,15,20). The van der Waals surface area contributed by atoms with Crippen LogP contribution in [0.1, 0.15) is 32.1 Å². The minimum Gasteiger partial charge on any atom is -0.344 e. The van der Waals surface area contributed by atoms with Crippen molar-refractivity contribution in [3.05, 3.63) is 52.1 Å². The van der Waals surface area contributed by atoms with Gasteiger partial charge in [-0.3, -0.25) is 14.0 Å². The van der Waals surface area contributed by atoms with Crippen LogP contribution in [0.5, 0.6) is 0 Å². The summed E-state index contributed by atoms with van der Waals surface area (Å²) in [7, 11) is 0. The highest BCUT2D eigenvalue weighted by atomic mass is 32.1. The van der Waals surface area contributed by atoms with Crippen LogP contribution in [0.25, 0.3) is 5.65 Å². The molecular formula is C14H12N4O2S. The smallest absolute Gasteiger partial charge is 0.261 e. The fourth-order valence-electron chi connectivity index (χ4n) is 1.91. The molecule has 3 aromatic rings. The largest absolute Gasteiger partial charge is 0.344 e. The van der Waals surface area contributed by atoms with Crippen molar-refractivity contribution < 1.29 is 9.59 Å². The highest BCUT2D eigenvalue weighted by Crippen LogP contribution is 2.16. The first kappa shape index (κ1) is 13.4. The van der Waals surface area contributed by atoms with Crippen LogP contribution < -0.4 is 5.32 Å². The molecular weight excluding hydrogens is 288 g/mol. The molecule has 0 saturated carbocycles. The number of pyridine rings is 1. The quantitative estimate of drug-likeness (QED) is 0.747. The zero-order valence-electron chi connectivity index (χ0n) is 11.2. The Bertz CT molecular complexity index is 821. The predicted octanol–water partition coefficient (Wildman–Crippen LogP) is 1.92. The van der Waals surface area contributed by atoms with Crippen LogP contribution in [0.2, 0.25) is 0 Å². The van der Waals surface area contributed by atoms with Crippen molar-refractivity contribution in [2.75, 3.05) is 0 Å². The van der Waals surface area contributed by atoms with Crippen molar-refractivity contribution in [2.45, 2.75) is 13.5 Å². The lowest BCUT2D eigenvalue weighted by Crippen LogP contribution is -2.23. The van der Waals surface area contributed by atoms with E-state index in [9.17, 15) is 9.59 Å². The molecule has 0 spiro atoms.